The van der Waals surface area contributed by atoms with Crippen LogP contribution in [0.5, 0.6) is 0 Å². The van der Waals surface area contributed by atoms with Gasteiger partial charge in [-0.3, -0.25) is 4.79 Å². The minimum absolute atomic E-state index is 0.245. The Morgan fingerprint density at radius 2 is 2.25 bits per heavy atom. The topological polar surface area (TPSA) is 37.3 Å². The van der Waals surface area contributed by atoms with Crippen LogP contribution in [0.2, 0.25) is 0 Å². The second kappa shape index (κ2) is 6.45. The lowest BCUT2D eigenvalue weighted by molar-refractivity contribution is -0.114. The highest BCUT2D eigenvalue weighted by atomic mass is 32.2. The summed E-state index contributed by atoms with van der Waals surface area (Å²) in [7, 11) is 0. The van der Waals surface area contributed by atoms with E-state index < -0.39 is 5.60 Å². The zero-order valence-electron chi connectivity index (χ0n) is 10.3. The summed E-state index contributed by atoms with van der Waals surface area (Å²) in [5.41, 5.74) is -0.635. The molecule has 0 saturated carbocycles. The molecule has 0 radical (unpaired) electrons. The number of rotatable bonds is 7. The van der Waals surface area contributed by atoms with Crippen molar-refractivity contribution in [2.75, 3.05) is 5.75 Å². The van der Waals surface area contributed by atoms with Crippen molar-refractivity contribution in [3.8, 4) is 0 Å². The van der Waals surface area contributed by atoms with Gasteiger partial charge in [0.25, 0.3) is 0 Å². The number of aliphatic hydroxyl groups is 1. The van der Waals surface area contributed by atoms with Gasteiger partial charge >= 0.3 is 0 Å². The second-order valence-corrected chi connectivity index (χ2v) is 5.79. The molecular formula is C13H22O2S. The number of hydrogen-bond donors (Lipinski definition) is 1. The van der Waals surface area contributed by atoms with E-state index in [2.05, 4.69) is 6.92 Å². The molecule has 1 aliphatic rings. The van der Waals surface area contributed by atoms with Crippen molar-refractivity contribution in [1.82, 2.24) is 0 Å². The maximum atomic E-state index is 11.4. The summed E-state index contributed by atoms with van der Waals surface area (Å²) >= 11 is 1.52. The third kappa shape index (κ3) is 4.71. The normalized spacial score (nSPS) is 19.7. The molecule has 0 aromatic heterocycles. The zero-order valence-corrected chi connectivity index (χ0v) is 11.1. The van der Waals surface area contributed by atoms with Gasteiger partial charge in [0.05, 0.1) is 5.60 Å². The Balaban J connectivity index is 2.27. The maximum absolute atomic E-state index is 11.4. The molecule has 0 amide bonds. The predicted octanol–water partition coefficient (Wildman–Crippen LogP) is 3.30. The summed E-state index contributed by atoms with van der Waals surface area (Å²) < 4.78 is 0. The van der Waals surface area contributed by atoms with Crippen LogP contribution >= 0.6 is 11.8 Å². The minimum Gasteiger partial charge on any atom is -0.389 e. The maximum Gasteiger partial charge on any atom is 0.169 e. The van der Waals surface area contributed by atoms with Crippen molar-refractivity contribution >= 4 is 17.5 Å². The fourth-order valence-corrected chi connectivity index (χ4v) is 2.88. The number of thioether (sulfide) groups is 1. The van der Waals surface area contributed by atoms with E-state index in [0.717, 1.165) is 24.2 Å². The second-order valence-electron chi connectivity index (χ2n) is 4.77. The molecule has 1 N–H and O–H groups in total. The smallest absolute Gasteiger partial charge is 0.169 e. The summed E-state index contributed by atoms with van der Waals surface area (Å²) in [5.74, 6) is 0.878. The van der Waals surface area contributed by atoms with Gasteiger partial charge in [0.15, 0.2) is 5.78 Å². The highest BCUT2D eigenvalue weighted by Gasteiger charge is 2.23. The lowest BCUT2D eigenvalue weighted by Crippen LogP contribution is -2.27. The van der Waals surface area contributed by atoms with E-state index in [1.54, 1.807) is 0 Å². The summed E-state index contributed by atoms with van der Waals surface area (Å²) in [6.45, 7) is 4.03. The molecule has 0 heterocycles. The Morgan fingerprint density at radius 1 is 1.50 bits per heavy atom. The third-order valence-electron chi connectivity index (χ3n) is 2.83. The molecule has 0 fully saturated rings. The lowest BCUT2D eigenvalue weighted by atomic mass is 10.0. The molecule has 0 aromatic carbocycles. The van der Waals surface area contributed by atoms with Crippen LogP contribution in [0.15, 0.2) is 11.0 Å². The van der Waals surface area contributed by atoms with Crippen LogP contribution in [-0.2, 0) is 4.79 Å². The van der Waals surface area contributed by atoms with E-state index in [1.165, 1.54) is 24.6 Å². The number of carbonyl (C=O) groups excluding carboxylic acids is 1. The molecule has 0 aromatic rings. The van der Waals surface area contributed by atoms with Gasteiger partial charge < -0.3 is 5.11 Å². The van der Waals surface area contributed by atoms with Crippen molar-refractivity contribution in [3.05, 3.63) is 11.0 Å². The standard InChI is InChI=1S/C13H22O2S/c1-3-4-5-9-13(2,15)10-16-12-8-6-7-11(12)14/h8,15H,3-7,9-10H2,1-2H3. The molecule has 3 heteroatoms. The first-order valence-corrected chi connectivity index (χ1v) is 7.12. The summed E-state index contributed by atoms with van der Waals surface area (Å²) in [6, 6.07) is 0. The largest absolute Gasteiger partial charge is 0.389 e. The first-order valence-electron chi connectivity index (χ1n) is 6.14. The van der Waals surface area contributed by atoms with Gasteiger partial charge in [-0.15, -0.1) is 11.8 Å². The van der Waals surface area contributed by atoms with Crippen LogP contribution < -0.4 is 0 Å². The molecule has 2 nitrogen and oxygen atoms in total. The van der Waals surface area contributed by atoms with E-state index >= 15 is 0 Å². The van der Waals surface area contributed by atoms with E-state index in [9.17, 15) is 9.90 Å². The van der Waals surface area contributed by atoms with Crippen LogP contribution in [0.1, 0.15) is 52.4 Å². The van der Waals surface area contributed by atoms with Gasteiger partial charge in [-0.1, -0.05) is 32.3 Å². The Morgan fingerprint density at radius 3 is 2.81 bits per heavy atom. The average molecular weight is 242 g/mol. The number of allylic oxidation sites excluding steroid dienone is 2. The monoisotopic (exact) mass is 242 g/mol. The lowest BCUT2D eigenvalue weighted by Gasteiger charge is -2.22. The van der Waals surface area contributed by atoms with E-state index in [4.69, 9.17) is 0 Å². The highest BCUT2D eigenvalue weighted by Crippen LogP contribution is 2.29. The van der Waals surface area contributed by atoms with E-state index in [1.807, 2.05) is 13.0 Å². The van der Waals surface area contributed by atoms with Crippen molar-refractivity contribution in [3.63, 3.8) is 0 Å². The fourth-order valence-electron chi connectivity index (χ4n) is 1.77. The first kappa shape index (κ1) is 13.8. The quantitative estimate of drug-likeness (QED) is 0.696. The molecule has 1 aliphatic carbocycles. The molecule has 92 valence electrons. The molecule has 1 rings (SSSR count). The number of carbonyl (C=O) groups is 1. The van der Waals surface area contributed by atoms with Gasteiger partial charge in [-0.25, -0.2) is 0 Å². The first-order chi connectivity index (χ1) is 7.55. The van der Waals surface area contributed by atoms with Crippen molar-refractivity contribution < 1.29 is 9.90 Å². The molecule has 0 spiro atoms. The Hall–Kier alpha value is -0.280. The summed E-state index contributed by atoms with van der Waals surface area (Å²) in [4.78, 5) is 12.2. The number of ketones is 1. The molecule has 0 bridgehead atoms. The predicted molar refractivity (Wildman–Crippen MR) is 69.5 cm³/mol. The van der Waals surface area contributed by atoms with Crippen molar-refractivity contribution in [1.29, 1.82) is 0 Å². The number of Topliss-reactive ketones (excluding diaryl/α,β-unsaturated/α-hetero) is 1. The van der Waals surface area contributed by atoms with Crippen LogP contribution in [-0.4, -0.2) is 22.2 Å². The van der Waals surface area contributed by atoms with Crippen LogP contribution in [0.4, 0.5) is 0 Å². The molecular weight excluding hydrogens is 220 g/mol. The van der Waals surface area contributed by atoms with Gasteiger partial charge in [-0.2, -0.15) is 0 Å². The number of unbranched alkanes of at least 4 members (excludes halogenated alkanes) is 2. The Kier molecular flexibility index (Phi) is 5.56. The summed E-state index contributed by atoms with van der Waals surface area (Å²) in [6.07, 6.45) is 7.76. The average Bonchev–Trinajstić information content (AvgIpc) is 2.62. The van der Waals surface area contributed by atoms with E-state index in [0.29, 0.717) is 12.2 Å². The Labute approximate surface area is 103 Å². The number of hydrogen-bond acceptors (Lipinski definition) is 3. The Bertz CT molecular complexity index is 269. The van der Waals surface area contributed by atoms with Gasteiger partial charge in [0.1, 0.15) is 0 Å². The van der Waals surface area contributed by atoms with Crippen LogP contribution in [0, 0.1) is 0 Å². The van der Waals surface area contributed by atoms with Gasteiger partial charge in [0, 0.05) is 17.1 Å². The highest BCUT2D eigenvalue weighted by molar-refractivity contribution is 8.04. The van der Waals surface area contributed by atoms with Crippen LogP contribution in [0.25, 0.3) is 0 Å². The molecule has 16 heavy (non-hydrogen) atoms. The minimum atomic E-state index is -0.635. The van der Waals surface area contributed by atoms with Gasteiger partial charge in [-0.05, 0) is 19.8 Å². The molecule has 1 atom stereocenters. The van der Waals surface area contributed by atoms with Gasteiger partial charge in [0.2, 0.25) is 0 Å². The van der Waals surface area contributed by atoms with Crippen LogP contribution in [0.3, 0.4) is 0 Å². The van der Waals surface area contributed by atoms with E-state index in [-0.39, 0.29) is 5.78 Å². The SMILES string of the molecule is CCCCCC(C)(O)CSC1=CCCC1=O. The zero-order chi connectivity index (χ0) is 12.0. The molecule has 0 saturated heterocycles. The molecule has 0 aliphatic heterocycles. The third-order valence-corrected chi connectivity index (χ3v) is 4.31. The summed E-state index contributed by atoms with van der Waals surface area (Å²) in [5, 5.41) is 10.1. The fraction of sp³-hybridized carbons (Fsp3) is 0.769. The van der Waals surface area contributed by atoms with Crippen molar-refractivity contribution in [2.24, 2.45) is 0 Å². The molecule has 1 unspecified atom stereocenters. The van der Waals surface area contributed by atoms with Crippen molar-refractivity contribution in [2.45, 2.75) is 58.0 Å².